The Bertz CT molecular complexity index is 1220. The van der Waals surface area contributed by atoms with Crippen LogP contribution in [0.3, 0.4) is 0 Å². The number of nitrogens with zero attached hydrogens (tertiary/aromatic N) is 4. The summed E-state index contributed by atoms with van der Waals surface area (Å²) in [6, 6.07) is 18.4. The maximum atomic E-state index is 12.9. The Morgan fingerprint density at radius 3 is 2.41 bits per heavy atom. The number of hydrogen-bond acceptors (Lipinski definition) is 5. The fraction of sp³-hybridized carbons (Fsp3) is 0.385. The Morgan fingerprint density at radius 1 is 0.938 bits per heavy atom. The van der Waals surface area contributed by atoms with E-state index in [-0.39, 0.29) is 17.2 Å². The van der Waals surface area contributed by atoms with Gasteiger partial charge in [0.15, 0.2) is 0 Å². The Morgan fingerprint density at radius 2 is 1.69 bits per heavy atom. The Balaban J connectivity index is 1.36. The van der Waals surface area contributed by atoms with Crippen molar-refractivity contribution in [1.29, 1.82) is 5.26 Å². The molecule has 1 aromatic heterocycles. The number of anilines is 2. The third-order valence-electron chi connectivity index (χ3n) is 6.74. The van der Waals surface area contributed by atoms with Crippen molar-refractivity contribution in [2.45, 2.75) is 31.8 Å². The SMILES string of the molecule is Cn1c(=O)c(C#N)c(N2CCC[C@@H](Oc3ccc(N4CCC4)cc3)CC2)c2ccccc21. The van der Waals surface area contributed by atoms with Crippen molar-refractivity contribution in [3.8, 4) is 11.8 Å². The molecule has 32 heavy (non-hydrogen) atoms. The standard InChI is InChI=1S/C26H28N4O2/c1-28-24-8-3-2-7-22(24)25(23(18-27)26(28)31)30-14-4-6-20(13-17-30)32-21-11-9-19(10-12-21)29-15-5-16-29/h2-3,7-12,20H,4-6,13-17H2,1H3/t20-/m1/s1. The molecule has 2 aliphatic rings. The topological polar surface area (TPSA) is 61.5 Å². The zero-order valence-corrected chi connectivity index (χ0v) is 18.5. The van der Waals surface area contributed by atoms with E-state index in [1.165, 1.54) is 12.1 Å². The van der Waals surface area contributed by atoms with Crippen molar-refractivity contribution in [3.05, 3.63) is 64.4 Å². The van der Waals surface area contributed by atoms with Gasteiger partial charge in [-0.2, -0.15) is 5.26 Å². The highest BCUT2D eigenvalue weighted by atomic mass is 16.5. The number of nitriles is 1. The first-order chi connectivity index (χ1) is 15.7. The summed E-state index contributed by atoms with van der Waals surface area (Å²) in [6.07, 6.45) is 4.15. The zero-order chi connectivity index (χ0) is 22.1. The summed E-state index contributed by atoms with van der Waals surface area (Å²) in [5, 5.41) is 10.7. The van der Waals surface area contributed by atoms with E-state index in [0.717, 1.165) is 67.8 Å². The molecule has 0 amide bonds. The van der Waals surface area contributed by atoms with Gasteiger partial charge in [-0.3, -0.25) is 4.79 Å². The molecule has 5 rings (SSSR count). The first kappa shape index (κ1) is 20.4. The number of hydrogen-bond donors (Lipinski definition) is 0. The fourth-order valence-electron chi connectivity index (χ4n) is 4.82. The highest BCUT2D eigenvalue weighted by Crippen LogP contribution is 2.31. The van der Waals surface area contributed by atoms with E-state index in [9.17, 15) is 10.1 Å². The van der Waals surface area contributed by atoms with Crippen molar-refractivity contribution in [2.24, 2.45) is 7.05 Å². The number of pyridine rings is 1. The summed E-state index contributed by atoms with van der Waals surface area (Å²) in [5.41, 5.74) is 2.88. The van der Waals surface area contributed by atoms with E-state index < -0.39 is 0 Å². The van der Waals surface area contributed by atoms with Crippen LogP contribution in [0.2, 0.25) is 0 Å². The third-order valence-corrected chi connectivity index (χ3v) is 6.74. The van der Waals surface area contributed by atoms with E-state index in [0.29, 0.717) is 0 Å². The van der Waals surface area contributed by atoms with Crippen molar-refractivity contribution in [3.63, 3.8) is 0 Å². The molecule has 1 atom stereocenters. The normalized spacial score (nSPS) is 18.7. The molecule has 3 heterocycles. The van der Waals surface area contributed by atoms with Crippen molar-refractivity contribution in [2.75, 3.05) is 36.0 Å². The maximum Gasteiger partial charge on any atom is 0.270 e. The lowest BCUT2D eigenvalue weighted by atomic mass is 10.1. The summed E-state index contributed by atoms with van der Waals surface area (Å²) in [4.78, 5) is 17.4. The smallest absolute Gasteiger partial charge is 0.270 e. The Kier molecular flexibility index (Phi) is 5.48. The largest absolute Gasteiger partial charge is 0.490 e. The second-order valence-corrected chi connectivity index (χ2v) is 8.71. The molecule has 2 aromatic carbocycles. The minimum Gasteiger partial charge on any atom is -0.490 e. The van der Waals surface area contributed by atoms with Crippen LogP contribution in [0.5, 0.6) is 5.75 Å². The molecule has 3 aromatic rings. The van der Waals surface area contributed by atoms with E-state index in [1.807, 2.05) is 24.3 Å². The van der Waals surface area contributed by atoms with Crippen molar-refractivity contribution >= 4 is 22.3 Å². The fourth-order valence-corrected chi connectivity index (χ4v) is 4.82. The average molecular weight is 429 g/mol. The first-order valence-corrected chi connectivity index (χ1v) is 11.4. The molecule has 0 saturated carbocycles. The number of ether oxygens (including phenoxy) is 1. The van der Waals surface area contributed by atoms with Gasteiger partial charge in [-0.1, -0.05) is 18.2 Å². The minimum absolute atomic E-state index is 0.123. The van der Waals surface area contributed by atoms with Crippen LogP contribution in [0, 0.1) is 11.3 Å². The molecular formula is C26H28N4O2. The molecule has 0 spiro atoms. The van der Waals surface area contributed by atoms with E-state index in [2.05, 4.69) is 40.1 Å². The van der Waals surface area contributed by atoms with Gasteiger partial charge in [0.25, 0.3) is 5.56 Å². The molecule has 6 heteroatoms. The number of fused-ring (bicyclic) bond motifs is 1. The quantitative estimate of drug-likeness (QED) is 0.627. The predicted octanol–water partition coefficient (Wildman–Crippen LogP) is 4.06. The van der Waals surface area contributed by atoms with Gasteiger partial charge in [0, 0.05) is 50.7 Å². The van der Waals surface area contributed by atoms with Crippen LogP contribution >= 0.6 is 0 Å². The molecule has 0 aliphatic carbocycles. The number of para-hydroxylation sites is 1. The summed E-state index contributed by atoms with van der Waals surface area (Å²) in [6.45, 7) is 3.84. The maximum absolute atomic E-state index is 12.9. The van der Waals surface area contributed by atoms with E-state index in [1.54, 1.807) is 11.6 Å². The van der Waals surface area contributed by atoms with Gasteiger partial charge in [-0.15, -0.1) is 0 Å². The molecule has 0 N–H and O–H groups in total. The predicted molar refractivity (Wildman–Crippen MR) is 128 cm³/mol. The van der Waals surface area contributed by atoms with E-state index >= 15 is 0 Å². The summed E-state index contributed by atoms with van der Waals surface area (Å²) >= 11 is 0. The van der Waals surface area contributed by atoms with Crippen LogP contribution < -0.4 is 20.1 Å². The van der Waals surface area contributed by atoms with Crippen LogP contribution in [0.25, 0.3) is 10.9 Å². The lowest BCUT2D eigenvalue weighted by Crippen LogP contribution is -2.36. The van der Waals surface area contributed by atoms with Crippen LogP contribution in [-0.2, 0) is 7.05 Å². The summed E-state index contributed by atoms with van der Waals surface area (Å²) < 4.78 is 7.89. The van der Waals surface area contributed by atoms with Crippen LogP contribution in [-0.4, -0.2) is 36.9 Å². The molecule has 2 fully saturated rings. The van der Waals surface area contributed by atoms with Crippen molar-refractivity contribution in [1.82, 2.24) is 4.57 Å². The van der Waals surface area contributed by atoms with Gasteiger partial charge in [-0.25, -0.2) is 0 Å². The number of benzene rings is 2. The monoisotopic (exact) mass is 428 g/mol. The molecule has 0 bridgehead atoms. The molecule has 0 unspecified atom stereocenters. The number of aryl methyl sites for hydroxylation is 1. The second kappa shape index (κ2) is 8.58. The highest BCUT2D eigenvalue weighted by Gasteiger charge is 2.24. The van der Waals surface area contributed by atoms with Gasteiger partial charge >= 0.3 is 0 Å². The molecule has 164 valence electrons. The average Bonchev–Trinajstić information content (AvgIpc) is 3.01. The summed E-state index contributed by atoms with van der Waals surface area (Å²) in [7, 11) is 1.73. The number of rotatable bonds is 4. The zero-order valence-electron chi connectivity index (χ0n) is 18.5. The van der Waals surface area contributed by atoms with Crippen LogP contribution in [0.1, 0.15) is 31.2 Å². The molecule has 2 aliphatic heterocycles. The highest BCUT2D eigenvalue weighted by molar-refractivity contribution is 5.94. The Hall–Kier alpha value is -3.46. The number of aromatic nitrogens is 1. The first-order valence-electron chi connectivity index (χ1n) is 11.4. The molecule has 2 saturated heterocycles. The Labute approximate surface area is 188 Å². The van der Waals surface area contributed by atoms with Gasteiger partial charge in [0.1, 0.15) is 23.5 Å². The summed E-state index contributed by atoms with van der Waals surface area (Å²) in [5.74, 6) is 0.907. The van der Waals surface area contributed by atoms with Crippen LogP contribution in [0.15, 0.2) is 53.3 Å². The van der Waals surface area contributed by atoms with Gasteiger partial charge in [0.05, 0.1) is 11.2 Å². The van der Waals surface area contributed by atoms with Gasteiger partial charge in [-0.05, 0) is 49.6 Å². The molecular weight excluding hydrogens is 400 g/mol. The van der Waals surface area contributed by atoms with E-state index in [4.69, 9.17) is 4.74 Å². The molecule has 0 radical (unpaired) electrons. The second-order valence-electron chi connectivity index (χ2n) is 8.71. The van der Waals surface area contributed by atoms with Gasteiger partial charge < -0.3 is 19.1 Å². The van der Waals surface area contributed by atoms with Gasteiger partial charge in [0.2, 0.25) is 0 Å². The third kappa shape index (κ3) is 3.69. The molecule has 6 nitrogen and oxygen atoms in total. The minimum atomic E-state index is -0.236. The van der Waals surface area contributed by atoms with Crippen molar-refractivity contribution < 1.29 is 4.74 Å². The lowest BCUT2D eigenvalue weighted by molar-refractivity contribution is 0.188. The lowest BCUT2D eigenvalue weighted by Gasteiger charge is -2.33. The van der Waals surface area contributed by atoms with Crippen LogP contribution in [0.4, 0.5) is 11.4 Å².